The molecule has 108 valence electrons. The van der Waals surface area contributed by atoms with Gasteiger partial charge in [-0.2, -0.15) is 0 Å². The van der Waals surface area contributed by atoms with E-state index in [1.165, 1.54) is 38.5 Å². The molecule has 4 saturated carbocycles. The van der Waals surface area contributed by atoms with E-state index in [0.717, 1.165) is 42.5 Å². The molecule has 1 amide bonds. The van der Waals surface area contributed by atoms with E-state index in [1.54, 1.807) is 0 Å². The molecule has 4 aliphatic carbocycles. The first-order chi connectivity index (χ1) is 9.10. The summed E-state index contributed by atoms with van der Waals surface area (Å²) >= 11 is 3.44. The summed E-state index contributed by atoms with van der Waals surface area (Å²) in [5, 5.41) is 0.988. The van der Waals surface area contributed by atoms with Crippen molar-refractivity contribution in [1.82, 2.24) is 4.90 Å². The molecule has 0 radical (unpaired) electrons. The van der Waals surface area contributed by atoms with Gasteiger partial charge in [0.05, 0.1) is 0 Å². The second-order valence-corrected chi connectivity index (χ2v) is 8.25. The van der Waals surface area contributed by atoms with Crippen LogP contribution in [-0.2, 0) is 4.79 Å². The van der Waals surface area contributed by atoms with E-state index in [1.807, 2.05) is 11.9 Å². The van der Waals surface area contributed by atoms with Crippen LogP contribution in [0, 0.1) is 23.2 Å². The van der Waals surface area contributed by atoms with Crippen molar-refractivity contribution in [1.29, 1.82) is 0 Å². The predicted octanol–water partition coefficient (Wildman–Crippen LogP) is 3.84. The summed E-state index contributed by atoms with van der Waals surface area (Å²) in [5.74, 6) is 3.24. The van der Waals surface area contributed by atoms with Crippen molar-refractivity contribution in [2.45, 2.75) is 51.4 Å². The summed E-state index contributed by atoms with van der Waals surface area (Å²) in [6.45, 7) is 0.899. The van der Waals surface area contributed by atoms with Crippen LogP contribution in [0.3, 0.4) is 0 Å². The smallest absolute Gasteiger partial charge is 0.222 e. The Hall–Kier alpha value is -0.0500. The first-order valence-electron chi connectivity index (χ1n) is 7.90. The molecule has 0 N–H and O–H groups in total. The molecule has 0 heterocycles. The monoisotopic (exact) mass is 327 g/mol. The number of carbonyl (C=O) groups excluding carboxylic acids is 1. The number of rotatable bonds is 5. The average molecular weight is 328 g/mol. The molecule has 2 nitrogen and oxygen atoms in total. The fourth-order valence-electron chi connectivity index (χ4n) is 5.38. The van der Waals surface area contributed by atoms with Crippen LogP contribution >= 0.6 is 15.9 Å². The predicted molar refractivity (Wildman–Crippen MR) is 81.3 cm³/mol. The van der Waals surface area contributed by atoms with E-state index in [4.69, 9.17) is 0 Å². The van der Waals surface area contributed by atoms with Gasteiger partial charge >= 0.3 is 0 Å². The highest BCUT2D eigenvalue weighted by atomic mass is 79.9. The van der Waals surface area contributed by atoms with Gasteiger partial charge in [-0.3, -0.25) is 4.79 Å². The van der Waals surface area contributed by atoms with E-state index in [0.29, 0.717) is 11.3 Å². The quantitative estimate of drug-likeness (QED) is 0.702. The van der Waals surface area contributed by atoms with Gasteiger partial charge in [-0.25, -0.2) is 0 Å². The third-order valence-corrected chi connectivity index (χ3v) is 6.30. The maximum atomic E-state index is 12.4. The lowest BCUT2D eigenvalue weighted by Crippen LogP contribution is -2.48. The van der Waals surface area contributed by atoms with Gasteiger partial charge in [0.2, 0.25) is 5.91 Å². The van der Waals surface area contributed by atoms with Gasteiger partial charge in [0.15, 0.2) is 0 Å². The van der Waals surface area contributed by atoms with E-state index >= 15 is 0 Å². The third kappa shape index (κ3) is 2.86. The summed E-state index contributed by atoms with van der Waals surface area (Å²) in [4.78, 5) is 14.4. The average Bonchev–Trinajstić information content (AvgIpc) is 2.33. The van der Waals surface area contributed by atoms with Crippen LogP contribution in [-0.4, -0.2) is 29.7 Å². The second-order valence-electron chi connectivity index (χ2n) is 7.45. The molecular weight excluding hydrogens is 302 g/mol. The third-order valence-electron chi connectivity index (χ3n) is 5.74. The van der Waals surface area contributed by atoms with E-state index < -0.39 is 0 Å². The largest absolute Gasteiger partial charge is 0.346 e. The van der Waals surface area contributed by atoms with Crippen LogP contribution < -0.4 is 0 Å². The summed E-state index contributed by atoms with van der Waals surface area (Å²) in [6.07, 6.45) is 10.3. The molecule has 3 heteroatoms. The Labute approximate surface area is 125 Å². The van der Waals surface area contributed by atoms with Crippen LogP contribution in [0.4, 0.5) is 0 Å². The summed E-state index contributed by atoms with van der Waals surface area (Å²) < 4.78 is 0. The first kappa shape index (κ1) is 13.9. The Balaban J connectivity index is 1.61. The van der Waals surface area contributed by atoms with E-state index in [-0.39, 0.29) is 0 Å². The van der Waals surface area contributed by atoms with Crippen LogP contribution in [0.1, 0.15) is 51.4 Å². The van der Waals surface area contributed by atoms with Crippen molar-refractivity contribution in [3.05, 3.63) is 0 Å². The van der Waals surface area contributed by atoms with Crippen molar-refractivity contribution in [2.24, 2.45) is 23.2 Å². The minimum atomic E-state index is 0.392. The Bertz CT molecular complexity index is 319. The Morgan fingerprint density at radius 1 is 1.16 bits per heavy atom. The minimum absolute atomic E-state index is 0.392. The lowest BCUT2D eigenvalue weighted by atomic mass is 9.49. The second kappa shape index (κ2) is 5.38. The minimum Gasteiger partial charge on any atom is -0.346 e. The highest BCUT2D eigenvalue weighted by Crippen LogP contribution is 2.61. The molecule has 4 fully saturated rings. The van der Waals surface area contributed by atoms with Gasteiger partial charge in [0, 0.05) is 25.3 Å². The fraction of sp³-hybridized carbons (Fsp3) is 0.938. The Morgan fingerprint density at radius 3 is 2.16 bits per heavy atom. The standard InChI is InChI=1S/C16H26BrNO/c1-18(4-2-3-17)15(19)11-16-8-12-5-13(9-16)7-14(6-12)10-16/h12-14H,2-11H2,1H3. The molecule has 0 aromatic rings. The molecule has 4 aliphatic rings. The molecular formula is C16H26BrNO. The highest BCUT2D eigenvalue weighted by Gasteiger charge is 2.51. The Kier molecular flexibility index (Phi) is 3.94. The highest BCUT2D eigenvalue weighted by molar-refractivity contribution is 9.09. The van der Waals surface area contributed by atoms with Gasteiger partial charge in [0.25, 0.3) is 0 Å². The zero-order chi connectivity index (χ0) is 13.5. The first-order valence-corrected chi connectivity index (χ1v) is 9.02. The normalized spacial score (nSPS) is 39.6. The van der Waals surface area contributed by atoms with Gasteiger partial charge < -0.3 is 4.90 Å². The van der Waals surface area contributed by atoms with Gasteiger partial charge in [-0.05, 0) is 68.1 Å². The lowest BCUT2D eigenvalue weighted by Gasteiger charge is -2.56. The van der Waals surface area contributed by atoms with Crippen molar-refractivity contribution in [3.8, 4) is 0 Å². The van der Waals surface area contributed by atoms with Gasteiger partial charge in [-0.15, -0.1) is 0 Å². The molecule has 0 aromatic heterocycles. The summed E-state index contributed by atoms with van der Waals surface area (Å²) in [5.41, 5.74) is 0.397. The molecule has 0 aromatic carbocycles. The number of amides is 1. The molecule has 4 bridgehead atoms. The number of halogens is 1. The van der Waals surface area contributed by atoms with E-state index in [9.17, 15) is 4.79 Å². The molecule has 0 saturated heterocycles. The van der Waals surface area contributed by atoms with Crippen molar-refractivity contribution < 1.29 is 4.79 Å². The van der Waals surface area contributed by atoms with Crippen LogP contribution in [0.2, 0.25) is 0 Å². The van der Waals surface area contributed by atoms with Crippen molar-refractivity contribution >= 4 is 21.8 Å². The SMILES string of the molecule is CN(CCCBr)C(=O)CC12CC3CC(CC(C3)C1)C2. The van der Waals surface area contributed by atoms with E-state index in [2.05, 4.69) is 15.9 Å². The number of alkyl halides is 1. The van der Waals surface area contributed by atoms with Crippen LogP contribution in [0.15, 0.2) is 0 Å². The number of hydrogen-bond donors (Lipinski definition) is 0. The van der Waals surface area contributed by atoms with Gasteiger partial charge in [0.1, 0.15) is 0 Å². The number of hydrogen-bond acceptors (Lipinski definition) is 1. The molecule has 19 heavy (non-hydrogen) atoms. The molecule has 0 aliphatic heterocycles. The van der Waals surface area contributed by atoms with Crippen molar-refractivity contribution in [2.75, 3.05) is 18.9 Å². The fourth-order valence-corrected chi connectivity index (χ4v) is 5.63. The zero-order valence-electron chi connectivity index (χ0n) is 12.0. The number of nitrogens with zero attached hydrogens (tertiary/aromatic N) is 1. The van der Waals surface area contributed by atoms with Crippen LogP contribution in [0.5, 0.6) is 0 Å². The zero-order valence-corrected chi connectivity index (χ0v) is 13.6. The lowest BCUT2D eigenvalue weighted by molar-refractivity contribution is -0.138. The molecule has 0 atom stereocenters. The van der Waals surface area contributed by atoms with Crippen LogP contribution in [0.25, 0.3) is 0 Å². The maximum Gasteiger partial charge on any atom is 0.222 e. The molecule has 0 unspecified atom stereocenters. The number of carbonyl (C=O) groups is 1. The summed E-state index contributed by atoms with van der Waals surface area (Å²) in [7, 11) is 1.98. The van der Waals surface area contributed by atoms with Gasteiger partial charge in [-0.1, -0.05) is 15.9 Å². The topological polar surface area (TPSA) is 20.3 Å². The summed E-state index contributed by atoms with van der Waals surface area (Å²) in [6, 6.07) is 0. The Morgan fingerprint density at radius 2 is 1.68 bits per heavy atom. The molecule has 4 rings (SSSR count). The maximum absolute atomic E-state index is 12.4. The van der Waals surface area contributed by atoms with Crippen molar-refractivity contribution in [3.63, 3.8) is 0 Å². The molecule has 0 spiro atoms.